The Hall–Kier alpha value is -1.71. The Balaban J connectivity index is 2.02. The van der Waals surface area contributed by atoms with Crippen LogP contribution in [-0.4, -0.2) is 24.0 Å². The summed E-state index contributed by atoms with van der Waals surface area (Å²) in [7, 11) is 0. The minimum atomic E-state index is -2.59. The molecule has 1 aromatic heterocycles. The molecule has 3 rings (SSSR count). The molecule has 1 aliphatic heterocycles. The van der Waals surface area contributed by atoms with Gasteiger partial charge in [-0.25, -0.2) is 13.8 Å². The number of fused-ring (bicyclic) bond motifs is 1. The minimum Gasteiger partial charge on any atom is -0.350 e. The van der Waals surface area contributed by atoms with Gasteiger partial charge in [-0.15, -0.1) is 0 Å². The fourth-order valence-corrected chi connectivity index (χ4v) is 2.92. The van der Waals surface area contributed by atoms with Crippen molar-refractivity contribution in [2.45, 2.75) is 38.5 Å². The molecule has 1 aromatic carbocycles. The van der Waals surface area contributed by atoms with Crippen molar-refractivity contribution in [2.75, 3.05) is 18.0 Å². The molecule has 0 bridgehead atoms. The molecule has 0 saturated carbocycles. The number of benzene rings is 1. The summed E-state index contributed by atoms with van der Waals surface area (Å²) < 4.78 is 26.7. The first kappa shape index (κ1) is 14.2. The van der Waals surface area contributed by atoms with Crippen LogP contribution in [0.3, 0.4) is 0 Å². The quantitative estimate of drug-likeness (QED) is 0.775. The van der Waals surface area contributed by atoms with E-state index in [0.29, 0.717) is 12.4 Å². The topological polar surface area (TPSA) is 16.1 Å². The molecule has 0 radical (unpaired) electrons. The molecule has 1 aliphatic rings. The average Bonchev–Trinajstić information content (AvgIpc) is 2.76. The van der Waals surface area contributed by atoms with E-state index in [1.54, 1.807) is 4.90 Å². The molecule has 0 unspecified atom stereocenters. The number of pyridine rings is 1. The van der Waals surface area contributed by atoms with Crippen molar-refractivity contribution in [3.63, 3.8) is 0 Å². The standard InChI is InChI=1S/C17H20F2N2/c1-16(2,3)14-6-4-5-12-9-15(20-10-13(12)14)21-8-7-17(18,19)11-21/h4-6,9-10H,7-8,11H2,1-3H3. The van der Waals surface area contributed by atoms with Crippen LogP contribution in [0.25, 0.3) is 10.8 Å². The number of rotatable bonds is 1. The van der Waals surface area contributed by atoms with E-state index >= 15 is 0 Å². The number of aromatic nitrogens is 1. The van der Waals surface area contributed by atoms with Gasteiger partial charge in [-0.3, -0.25) is 0 Å². The van der Waals surface area contributed by atoms with Crippen LogP contribution in [-0.2, 0) is 5.41 Å². The highest BCUT2D eigenvalue weighted by Gasteiger charge is 2.38. The SMILES string of the molecule is CC(C)(C)c1cccc2cc(N3CCC(F)(F)C3)ncc12. The number of nitrogens with zero attached hydrogens (tertiary/aromatic N) is 2. The van der Waals surface area contributed by atoms with E-state index in [1.165, 1.54) is 5.56 Å². The van der Waals surface area contributed by atoms with Crippen molar-refractivity contribution in [1.29, 1.82) is 0 Å². The molecule has 0 amide bonds. The van der Waals surface area contributed by atoms with E-state index in [-0.39, 0.29) is 18.4 Å². The van der Waals surface area contributed by atoms with Crippen molar-refractivity contribution in [1.82, 2.24) is 4.98 Å². The molecule has 2 nitrogen and oxygen atoms in total. The van der Waals surface area contributed by atoms with Gasteiger partial charge in [0, 0.05) is 24.5 Å². The van der Waals surface area contributed by atoms with Crippen LogP contribution in [0, 0.1) is 0 Å². The summed E-state index contributed by atoms with van der Waals surface area (Å²) in [5.74, 6) is -1.95. The predicted octanol–water partition coefficient (Wildman–Crippen LogP) is 4.38. The third-order valence-electron chi connectivity index (χ3n) is 4.05. The molecule has 2 heterocycles. The molecule has 1 saturated heterocycles. The maximum Gasteiger partial charge on any atom is 0.266 e. The highest BCUT2D eigenvalue weighted by molar-refractivity contribution is 5.87. The highest BCUT2D eigenvalue weighted by Crippen LogP contribution is 2.33. The zero-order chi connectivity index (χ0) is 15.3. The van der Waals surface area contributed by atoms with Crippen LogP contribution in [0.5, 0.6) is 0 Å². The monoisotopic (exact) mass is 290 g/mol. The van der Waals surface area contributed by atoms with Gasteiger partial charge in [0.1, 0.15) is 5.82 Å². The lowest BCUT2D eigenvalue weighted by atomic mass is 9.84. The summed E-state index contributed by atoms with van der Waals surface area (Å²) in [5.41, 5.74) is 1.26. The summed E-state index contributed by atoms with van der Waals surface area (Å²) >= 11 is 0. The van der Waals surface area contributed by atoms with Gasteiger partial charge in [0.15, 0.2) is 0 Å². The second-order valence-corrected chi connectivity index (χ2v) is 6.85. The van der Waals surface area contributed by atoms with E-state index in [4.69, 9.17) is 0 Å². The van der Waals surface area contributed by atoms with Gasteiger partial charge in [0.25, 0.3) is 5.92 Å². The zero-order valence-corrected chi connectivity index (χ0v) is 12.7. The molecule has 2 aromatic rings. The van der Waals surface area contributed by atoms with E-state index in [9.17, 15) is 8.78 Å². The summed E-state index contributed by atoms with van der Waals surface area (Å²) in [5, 5.41) is 2.15. The summed E-state index contributed by atoms with van der Waals surface area (Å²) in [6, 6.07) is 8.06. The zero-order valence-electron chi connectivity index (χ0n) is 12.7. The fourth-order valence-electron chi connectivity index (χ4n) is 2.92. The number of hydrogen-bond acceptors (Lipinski definition) is 2. The second-order valence-electron chi connectivity index (χ2n) is 6.85. The van der Waals surface area contributed by atoms with Gasteiger partial charge in [-0.2, -0.15) is 0 Å². The van der Waals surface area contributed by atoms with E-state index in [2.05, 4.69) is 31.8 Å². The van der Waals surface area contributed by atoms with Crippen LogP contribution in [0.4, 0.5) is 14.6 Å². The molecule has 112 valence electrons. The molecule has 1 fully saturated rings. The van der Waals surface area contributed by atoms with Gasteiger partial charge in [0.2, 0.25) is 0 Å². The molecule has 0 N–H and O–H groups in total. The van der Waals surface area contributed by atoms with Crippen molar-refractivity contribution >= 4 is 16.6 Å². The van der Waals surface area contributed by atoms with Crippen LogP contribution >= 0.6 is 0 Å². The third-order valence-corrected chi connectivity index (χ3v) is 4.05. The Morgan fingerprint density at radius 3 is 2.62 bits per heavy atom. The minimum absolute atomic E-state index is 0.0311. The van der Waals surface area contributed by atoms with Gasteiger partial charge in [-0.05, 0) is 22.4 Å². The Morgan fingerprint density at radius 1 is 1.24 bits per heavy atom. The first-order valence-corrected chi connectivity index (χ1v) is 7.28. The molecular weight excluding hydrogens is 270 g/mol. The van der Waals surface area contributed by atoms with E-state index in [0.717, 1.165) is 10.8 Å². The first-order chi connectivity index (χ1) is 9.76. The number of anilines is 1. The Labute approximate surface area is 123 Å². The third kappa shape index (κ3) is 2.71. The summed E-state index contributed by atoms with van der Waals surface area (Å²) in [4.78, 5) is 6.09. The Morgan fingerprint density at radius 2 is 2.00 bits per heavy atom. The van der Waals surface area contributed by atoms with Crippen LogP contribution in [0.1, 0.15) is 32.8 Å². The highest BCUT2D eigenvalue weighted by atomic mass is 19.3. The lowest BCUT2D eigenvalue weighted by molar-refractivity contribution is 0.0257. The normalized spacial score (nSPS) is 18.4. The van der Waals surface area contributed by atoms with Crippen molar-refractivity contribution in [3.8, 4) is 0 Å². The van der Waals surface area contributed by atoms with Gasteiger partial charge < -0.3 is 4.90 Å². The first-order valence-electron chi connectivity index (χ1n) is 7.28. The van der Waals surface area contributed by atoms with Gasteiger partial charge in [0.05, 0.1) is 6.54 Å². The van der Waals surface area contributed by atoms with Gasteiger partial charge in [-0.1, -0.05) is 39.0 Å². The maximum absolute atomic E-state index is 13.3. The molecule has 0 atom stereocenters. The lowest BCUT2D eigenvalue weighted by Crippen LogP contribution is -2.25. The predicted molar refractivity (Wildman–Crippen MR) is 82.2 cm³/mol. The Bertz CT molecular complexity index is 674. The molecule has 21 heavy (non-hydrogen) atoms. The van der Waals surface area contributed by atoms with Gasteiger partial charge >= 0.3 is 0 Å². The van der Waals surface area contributed by atoms with Crippen molar-refractivity contribution in [2.24, 2.45) is 0 Å². The number of halogens is 2. The molecule has 0 spiro atoms. The lowest BCUT2D eigenvalue weighted by Gasteiger charge is -2.22. The number of alkyl halides is 2. The maximum atomic E-state index is 13.3. The fraction of sp³-hybridized carbons (Fsp3) is 0.471. The van der Waals surface area contributed by atoms with Crippen LogP contribution in [0.15, 0.2) is 30.5 Å². The second kappa shape index (κ2) is 4.65. The van der Waals surface area contributed by atoms with E-state index < -0.39 is 5.92 Å². The molecule has 4 heteroatoms. The average molecular weight is 290 g/mol. The summed E-state index contributed by atoms with van der Waals surface area (Å²) in [6.07, 6.45) is 1.73. The van der Waals surface area contributed by atoms with Crippen molar-refractivity contribution in [3.05, 3.63) is 36.0 Å². The van der Waals surface area contributed by atoms with E-state index in [1.807, 2.05) is 24.4 Å². The van der Waals surface area contributed by atoms with Crippen LogP contribution in [0.2, 0.25) is 0 Å². The largest absolute Gasteiger partial charge is 0.350 e. The van der Waals surface area contributed by atoms with Crippen LogP contribution < -0.4 is 4.90 Å². The smallest absolute Gasteiger partial charge is 0.266 e. The molecular formula is C17H20F2N2. The molecule has 0 aliphatic carbocycles. The Kier molecular flexibility index (Phi) is 3.15. The van der Waals surface area contributed by atoms with Crippen molar-refractivity contribution < 1.29 is 8.78 Å². The number of hydrogen-bond donors (Lipinski definition) is 0. The summed E-state index contributed by atoms with van der Waals surface area (Å²) in [6.45, 7) is 6.62.